The Bertz CT molecular complexity index is 1150. The third-order valence-electron chi connectivity index (χ3n) is 5.59. The van der Waals surface area contributed by atoms with Crippen molar-refractivity contribution in [1.29, 1.82) is 0 Å². The topological polar surface area (TPSA) is 78.8 Å². The molecule has 0 radical (unpaired) electrons. The zero-order chi connectivity index (χ0) is 22.3. The average Bonchev–Trinajstić information content (AvgIpc) is 3.16. The summed E-state index contributed by atoms with van der Waals surface area (Å²) in [7, 11) is -3.03. The van der Waals surface area contributed by atoms with E-state index in [1.807, 2.05) is 56.9 Å². The van der Waals surface area contributed by atoms with E-state index in [9.17, 15) is 13.2 Å². The van der Waals surface area contributed by atoms with Gasteiger partial charge in [0.05, 0.1) is 17.5 Å². The predicted octanol–water partition coefficient (Wildman–Crippen LogP) is 3.63. The minimum absolute atomic E-state index is 0.0723. The number of benzene rings is 2. The number of anilines is 2. The molecule has 8 heteroatoms. The zero-order valence-corrected chi connectivity index (χ0v) is 19.8. The molecule has 0 spiro atoms. The number of hydrogen-bond acceptors (Lipinski definition) is 6. The van der Waals surface area contributed by atoms with Crippen LogP contribution >= 0.6 is 11.8 Å². The van der Waals surface area contributed by atoms with Gasteiger partial charge in [-0.3, -0.25) is 9.79 Å². The van der Waals surface area contributed by atoms with Crippen molar-refractivity contribution in [2.24, 2.45) is 4.99 Å². The highest BCUT2D eigenvalue weighted by Crippen LogP contribution is 2.37. The molecule has 1 fully saturated rings. The molecule has 0 unspecified atom stereocenters. The standard InChI is InChI=1S/C23H27N3O3S2/c1-14-6-5-7-18(10-14)26(23-24-19-12-31(28,29)13-20(19)30-23)11-21(27)25-22-16(3)8-15(2)9-17(22)4/h5-10,19-20H,11-13H2,1-4H3,(H,25,27)/t19-,20-/m1/s1. The number of aryl methyl sites for hydroxylation is 4. The van der Waals surface area contributed by atoms with Crippen LogP contribution in [0.2, 0.25) is 0 Å². The van der Waals surface area contributed by atoms with E-state index >= 15 is 0 Å². The lowest BCUT2D eigenvalue weighted by Gasteiger charge is -2.25. The van der Waals surface area contributed by atoms with E-state index in [4.69, 9.17) is 4.99 Å². The molecule has 0 aromatic heterocycles. The van der Waals surface area contributed by atoms with Gasteiger partial charge in [-0.05, 0) is 56.5 Å². The van der Waals surface area contributed by atoms with Crippen LogP contribution in [-0.4, -0.2) is 48.8 Å². The Morgan fingerprint density at radius 3 is 2.45 bits per heavy atom. The normalized spacial score (nSPS) is 21.5. The maximum absolute atomic E-state index is 13.1. The summed E-state index contributed by atoms with van der Waals surface area (Å²) in [5.41, 5.74) is 6.01. The molecule has 2 atom stereocenters. The van der Waals surface area contributed by atoms with Gasteiger partial charge in [0, 0.05) is 16.6 Å². The molecule has 2 aliphatic heterocycles. The summed E-state index contributed by atoms with van der Waals surface area (Å²) in [4.78, 5) is 19.7. The van der Waals surface area contributed by atoms with Gasteiger partial charge < -0.3 is 10.2 Å². The second-order valence-corrected chi connectivity index (χ2v) is 11.8. The van der Waals surface area contributed by atoms with Gasteiger partial charge in [0.2, 0.25) is 5.91 Å². The van der Waals surface area contributed by atoms with Gasteiger partial charge in [0.15, 0.2) is 15.0 Å². The highest BCUT2D eigenvalue weighted by molar-refractivity contribution is 8.15. The summed E-state index contributed by atoms with van der Waals surface area (Å²) < 4.78 is 23.9. The molecule has 2 aromatic rings. The molecule has 2 aliphatic rings. The van der Waals surface area contributed by atoms with Crippen molar-refractivity contribution < 1.29 is 13.2 Å². The maximum atomic E-state index is 13.1. The van der Waals surface area contributed by atoms with Crippen molar-refractivity contribution in [1.82, 2.24) is 0 Å². The third kappa shape index (κ3) is 4.80. The summed E-state index contributed by atoms with van der Waals surface area (Å²) in [6.45, 7) is 8.14. The smallest absolute Gasteiger partial charge is 0.244 e. The first-order valence-corrected chi connectivity index (χ1v) is 13.0. The van der Waals surface area contributed by atoms with Crippen molar-refractivity contribution in [3.05, 3.63) is 58.7 Å². The summed E-state index contributed by atoms with van der Waals surface area (Å²) >= 11 is 1.47. The number of nitrogens with one attached hydrogen (secondary N) is 1. The molecule has 31 heavy (non-hydrogen) atoms. The first-order valence-electron chi connectivity index (χ1n) is 10.3. The molecular formula is C23H27N3O3S2. The van der Waals surface area contributed by atoms with Gasteiger partial charge in [0.25, 0.3) is 0 Å². The van der Waals surface area contributed by atoms with Crippen LogP contribution in [0.25, 0.3) is 0 Å². The number of nitrogens with zero attached hydrogens (tertiary/aromatic N) is 2. The van der Waals surface area contributed by atoms with Gasteiger partial charge in [-0.15, -0.1) is 0 Å². The molecule has 2 heterocycles. The SMILES string of the molecule is Cc1cccc(N(CC(=O)Nc2c(C)cc(C)cc2C)C2=N[C@@H]3CS(=O)(=O)C[C@H]3S2)c1. The number of hydrogen-bond donors (Lipinski definition) is 1. The molecule has 0 saturated carbocycles. The lowest BCUT2D eigenvalue weighted by atomic mass is 10.1. The first kappa shape index (κ1) is 21.9. The molecule has 1 saturated heterocycles. The van der Waals surface area contributed by atoms with Crippen LogP contribution in [0.5, 0.6) is 0 Å². The number of aliphatic imine (C=N–C) groups is 1. The van der Waals surface area contributed by atoms with E-state index in [0.29, 0.717) is 5.17 Å². The molecule has 1 N–H and O–H groups in total. The van der Waals surface area contributed by atoms with Crippen LogP contribution in [0.4, 0.5) is 11.4 Å². The summed E-state index contributed by atoms with van der Waals surface area (Å²) in [6, 6.07) is 11.8. The van der Waals surface area contributed by atoms with E-state index in [1.165, 1.54) is 11.8 Å². The Balaban J connectivity index is 1.60. The van der Waals surface area contributed by atoms with Crippen LogP contribution < -0.4 is 10.2 Å². The number of sulfone groups is 1. The lowest BCUT2D eigenvalue weighted by Crippen LogP contribution is -2.37. The zero-order valence-electron chi connectivity index (χ0n) is 18.2. The van der Waals surface area contributed by atoms with Crippen LogP contribution in [0, 0.1) is 27.7 Å². The fourth-order valence-electron chi connectivity index (χ4n) is 4.24. The number of thioether (sulfide) groups is 1. The van der Waals surface area contributed by atoms with Gasteiger partial charge >= 0.3 is 0 Å². The number of amides is 1. The highest BCUT2D eigenvalue weighted by Gasteiger charge is 2.44. The fraction of sp³-hybridized carbons (Fsp3) is 0.391. The van der Waals surface area contributed by atoms with Gasteiger partial charge in [0.1, 0.15) is 6.54 Å². The summed E-state index contributed by atoms with van der Waals surface area (Å²) in [5.74, 6) is 0.0962. The molecule has 0 bridgehead atoms. The van der Waals surface area contributed by atoms with E-state index in [-0.39, 0.29) is 35.2 Å². The highest BCUT2D eigenvalue weighted by atomic mass is 32.2. The van der Waals surface area contributed by atoms with Crippen LogP contribution in [0.3, 0.4) is 0 Å². The van der Waals surface area contributed by atoms with E-state index in [0.717, 1.165) is 33.6 Å². The quantitative estimate of drug-likeness (QED) is 0.758. The second-order valence-electron chi connectivity index (χ2n) is 8.46. The van der Waals surface area contributed by atoms with Crippen LogP contribution in [-0.2, 0) is 14.6 Å². The Labute approximate surface area is 188 Å². The average molecular weight is 458 g/mol. The van der Waals surface area contributed by atoms with Crippen molar-refractivity contribution in [3.8, 4) is 0 Å². The molecule has 4 rings (SSSR count). The van der Waals surface area contributed by atoms with Gasteiger partial charge in [-0.25, -0.2) is 8.42 Å². The van der Waals surface area contributed by atoms with E-state index in [1.54, 1.807) is 0 Å². The van der Waals surface area contributed by atoms with Crippen molar-refractivity contribution in [2.45, 2.75) is 39.0 Å². The largest absolute Gasteiger partial charge is 0.324 e. The van der Waals surface area contributed by atoms with Crippen LogP contribution in [0.1, 0.15) is 22.3 Å². The van der Waals surface area contributed by atoms with Gasteiger partial charge in [-0.1, -0.05) is 41.6 Å². The fourth-order valence-corrected chi connectivity index (χ4v) is 8.02. The minimum Gasteiger partial charge on any atom is -0.324 e. The Morgan fingerprint density at radius 2 is 1.81 bits per heavy atom. The summed E-state index contributed by atoms with van der Waals surface area (Å²) in [6.07, 6.45) is 0. The Morgan fingerprint density at radius 1 is 1.10 bits per heavy atom. The number of carbonyl (C=O) groups excluding carboxylic acids is 1. The number of rotatable bonds is 4. The van der Waals surface area contributed by atoms with E-state index in [2.05, 4.69) is 17.4 Å². The maximum Gasteiger partial charge on any atom is 0.244 e. The molecule has 6 nitrogen and oxygen atoms in total. The van der Waals surface area contributed by atoms with Gasteiger partial charge in [-0.2, -0.15) is 0 Å². The van der Waals surface area contributed by atoms with Crippen molar-refractivity contribution in [3.63, 3.8) is 0 Å². The number of amidine groups is 1. The Hall–Kier alpha value is -2.32. The monoisotopic (exact) mass is 457 g/mol. The van der Waals surface area contributed by atoms with Crippen LogP contribution in [0.15, 0.2) is 41.4 Å². The molecule has 0 aliphatic carbocycles. The number of fused-ring (bicyclic) bond motifs is 1. The second kappa shape index (κ2) is 8.31. The Kier molecular flexibility index (Phi) is 5.87. The summed E-state index contributed by atoms with van der Waals surface area (Å²) in [5, 5.41) is 3.71. The van der Waals surface area contributed by atoms with E-state index < -0.39 is 9.84 Å². The third-order valence-corrected chi connectivity index (χ3v) is 8.84. The molecule has 2 aromatic carbocycles. The first-order chi connectivity index (χ1) is 14.6. The molecule has 1 amide bonds. The number of carbonyl (C=O) groups is 1. The minimum atomic E-state index is -3.03. The molecular weight excluding hydrogens is 430 g/mol. The predicted molar refractivity (Wildman–Crippen MR) is 129 cm³/mol. The van der Waals surface area contributed by atoms with Crippen molar-refractivity contribution >= 4 is 44.0 Å². The van der Waals surface area contributed by atoms with Crippen molar-refractivity contribution in [2.75, 3.05) is 28.3 Å². The lowest BCUT2D eigenvalue weighted by molar-refractivity contribution is -0.114. The molecule has 164 valence electrons.